The van der Waals surface area contributed by atoms with Gasteiger partial charge in [-0.05, 0) is 54.3 Å². The Morgan fingerprint density at radius 3 is 2.28 bits per heavy atom. The van der Waals surface area contributed by atoms with Gasteiger partial charge in [0.2, 0.25) is 0 Å². The van der Waals surface area contributed by atoms with E-state index in [1.807, 2.05) is 13.0 Å². The fourth-order valence-electron chi connectivity index (χ4n) is 1.85. The molecule has 0 aliphatic heterocycles. The molecule has 2 nitrogen and oxygen atoms in total. The first-order valence-electron chi connectivity index (χ1n) is 6.13. The lowest BCUT2D eigenvalue weighted by Crippen LogP contribution is -1.94. The summed E-state index contributed by atoms with van der Waals surface area (Å²) in [4.78, 5) is 0. The molecule has 0 aromatic heterocycles. The van der Waals surface area contributed by atoms with Gasteiger partial charge < -0.3 is 9.84 Å². The highest BCUT2D eigenvalue weighted by Crippen LogP contribution is 2.31. The Bertz CT molecular complexity index is 527. The predicted octanol–water partition coefficient (Wildman–Crippen LogP) is 4.62. The molecule has 0 bridgehead atoms. The highest BCUT2D eigenvalue weighted by atomic mass is 16.5. The zero-order valence-electron chi connectivity index (χ0n) is 11.0. The van der Waals surface area contributed by atoms with E-state index in [-0.39, 0.29) is 5.75 Å². The standard InChI is InChI=1S/C16H18O2/c1-11(2)15-9-4-12(3)10-16(15)18-14-7-5-13(17)6-8-14/h4-11,17H,1-3H3. The molecule has 0 saturated carbocycles. The summed E-state index contributed by atoms with van der Waals surface area (Å²) in [5.41, 5.74) is 2.36. The minimum atomic E-state index is 0.246. The number of phenols is 1. The minimum absolute atomic E-state index is 0.246. The summed E-state index contributed by atoms with van der Waals surface area (Å²) >= 11 is 0. The van der Waals surface area contributed by atoms with E-state index >= 15 is 0 Å². The summed E-state index contributed by atoms with van der Waals surface area (Å²) in [6.07, 6.45) is 0. The van der Waals surface area contributed by atoms with E-state index in [4.69, 9.17) is 4.74 Å². The van der Waals surface area contributed by atoms with Crippen LogP contribution in [0.2, 0.25) is 0 Å². The minimum Gasteiger partial charge on any atom is -0.508 e. The monoisotopic (exact) mass is 242 g/mol. The molecule has 2 heteroatoms. The molecule has 0 unspecified atom stereocenters. The summed E-state index contributed by atoms with van der Waals surface area (Å²) in [7, 11) is 0. The molecule has 0 atom stereocenters. The summed E-state index contributed by atoms with van der Waals surface area (Å²) in [5.74, 6) is 2.28. The van der Waals surface area contributed by atoms with Crippen molar-refractivity contribution in [2.75, 3.05) is 0 Å². The van der Waals surface area contributed by atoms with Gasteiger partial charge in [0.05, 0.1) is 0 Å². The second-order valence-electron chi connectivity index (χ2n) is 4.79. The Hall–Kier alpha value is -1.96. The van der Waals surface area contributed by atoms with Crippen LogP contribution in [0, 0.1) is 6.92 Å². The molecule has 2 rings (SSSR count). The number of benzene rings is 2. The van der Waals surface area contributed by atoms with Crippen molar-refractivity contribution in [1.29, 1.82) is 0 Å². The summed E-state index contributed by atoms with van der Waals surface area (Å²) in [5, 5.41) is 9.25. The van der Waals surface area contributed by atoms with E-state index < -0.39 is 0 Å². The van der Waals surface area contributed by atoms with Crippen molar-refractivity contribution < 1.29 is 9.84 Å². The first-order valence-corrected chi connectivity index (χ1v) is 6.13. The Morgan fingerprint density at radius 2 is 1.67 bits per heavy atom. The Labute approximate surface area is 108 Å². The van der Waals surface area contributed by atoms with Crippen LogP contribution >= 0.6 is 0 Å². The molecule has 0 radical (unpaired) electrons. The molecule has 2 aromatic carbocycles. The molecule has 0 amide bonds. The summed E-state index contributed by atoms with van der Waals surface area (Å²) in [6, 6.07) is 13.0. The highest BCUT2D eigenvalue weighted by molar-refractivity contribution is 5.42. The molecule has 1 N–H and O–H groups in total. The highest BCUT2D eigenvalue weighted by Gasteiger charge is 2.09. The number of aromatic hydroxyl groups is 1. The second-order valence-corrected chi connectivity index (χ2v) is 4.79. The third-order valence-electron chi connectivity index (χ3n) is 2.86. The number of hydrogen-bond acceptors (Lipinski definition) is 2. The quantitative estimate of drug-likeness (QED) is 0.851. The molecule has 0 aliphatic rings. The fraction of sp³-hybridized carbons (Fsp3) is 0.250. The van der Waals surface area contributed by atoms with Crippen LogP contribution in [0.25, 0.3) is 0 Å². The molecule has 0 heterocycles. The van der Waals surface area contributed by atoms with Gasteiger partial charge in [-0.25, -0.2) is 0 Å². The van der Waals surface area contributed by atoms with E-state index in [0.717, 1.165) is 11.5 Å². The first-order chi connectivity index (χ1) is 8.56. The van der Waals surface area contributed by atoms with Crippen LogP contribution in [0.1, 0.15) is 30.9 Å². The molecule has 2 aromatic rings. The second kappa shape index (κ2) is 5.13. The normalized spacial score (nSPS) is 10.7. The lowest BCUT2D eigenvalue weighted by molar-refractivity contribution is 0.460. The average molecular weight is 242 g/mol. The summed E-state index contributed by atoms with van der Waals surface area (Å²) in [6.45, 7) is 6.34. The van der Waals surface area contributed by atoms with Gasteiger partial charge in [-0.15, -0.1) is 0 Å². The van der Waals surface area contributed by atoms with E-state index in [9.17, 15) is 5.11 Å². The van der Waals surface area contributed by atoms with E-state index in [1.54, 1.807) is 24.3 Å². The smallest absolute Gasteiger partial charge is 0.131 e. The van der Waals surface area contributed by atoms with Gasteiger partial charge in [0, 0.05) is 0 Å². The van der Waals surface area contributed by atoms with Crippen LogP contribution in [0.5, 0.6) is 17.2 Å². The number of rotatable bonds is 3. The third kappa shape index (κ3) is 2.83. The Kier molecular flexibility index (Phi) is 3.56. The molecule has 0 aliphatic carbocycles. The van der Waals surface area contributed by atoms with Crippen LogP contribution in [0.3, 0.4) is 0 Å². The zero-order valence-corrected chi connectivity index (χ0v) is 11.0. The maximum atomic E-state index is 9.25. The van der Waals surface area contributed by atoms with E-state index in [0.29, 0.717) is 5.92 Å². The van der Waals surface area contributed by atoms with Crippen molar-refractivity contribution in [2.24, 2.45) is 0 Å². The third-order valence-corrected chi connectivity index (χ3v) is 2.86. The largest absolute Gasteiger partial charge is 0.508 e. The average Bonchev–Trinajstić information content (AvgIpc) is 2.32. The van der Waals surface area contributed by atoms with Gasteiger partial charge >= 0.3 is 0 Å². The number of hydrogen-bond donors (Lipinski definition) is 1. The molecule has 0 saturated heterocycles. The van der Waals surface area contributed by atoms with E-state index in [1.165, 1.54) is 11.1 Å². The molecule has 18 heavy (non-hydrogen) atoms. The molecular weight excluding hydrogens is 224 g/mol. The van der Waals surface area contributed by atoms with Crippen molar-refractivity contribution in [3.8, 4) is 17.2 Å². The lowest BCUT2D eigenvalue weighted by atomic mass is 10.0. The van der Waals surface area contributed by atoms with Crippen molar-refractivity contribution in [1.82, 2.24) is 0 Å². The zero-order chi connectivity index (χ0) is 13.1. The van der Waals surface area contributed by atoms with Gasteiger partial charge in [0.25, 0.3) is 0 Å². The van der Waals surface area contributed by atoms with Gasteiger partial charge in [-0.1, -0.05) is 26.0 Å². The maximum absolute atomic E-state index is 9.25. The van der Waals surface area contributed by atoms with Crippen molar-refractivity contribution in [3.05, 3.63) is 53.6 Å². The van der Waals surface area contributed by atoms with E-state index in [2.05, 4.69) is 26.0 Å². The van der Waals surface area contributed by atoms with Crippen molar-refractivity contribution in [3.63, 3.8) is 0 Å². The van der Waals surface area contributed by atoms with Crippen LogP contribution in [0.15, 0.2) is 42.5 Å². The molecule has 94 valence electrons. The molecule has 0 fully saturated rings. The van der Waals surface area contributed by atoms with Crippen molar-refractivity contribution >= 4 is 0 Å². The SMILES string of the molecule is Cc1ccc(C(C)C)c(Oc2ccc(O)cc2)c1. The Balaban J connectivity index is 2.32. The van der Waals surface area contributed by atoms with Crippen molar-refractivity contribution in [2.45, 2.75) is 26.7 Å². The number of phenolic OH excluding ortho intramolecular Hbond substituents is 1. The Morgan fingerprint density at radius 1 is 1.00 bits per heavy atom. The number of aryl methyl sites for hydroxylation is 1. The molecular formula is C16H18O2. The molecule has 0 spiro atoms. The van der Waals surface area contributed by atoms with Gasteiger partial charge in [-0.3, -0.25) is 0 Å². The first kappa shape index (κ1) is 12.5. The van der Waals surface area contributed by atoms with Gasteiger partial charge in [0.15, 0.2) is 0 Å². The fourth-order valence-corrected chi connectivity index (χ4v) is 1.85. The number of ether oxygens (including phenoxy) is 1. The maximum Gasteiger partial charge on any atom is 0.131 e. The van der Waals surface area contributed by atoms with Crippen LogP contribution in [0.4, 0.5) is 0 Å². The van der Waals surface area contributed by atoms with Crippen LogP contribution in [-0.4, -0.2) is 5.11 Å². The van der Waals surface area contributed by atoms with Crippen LogP contribution < -0.4 is 4.74 Å². The van der Waals surface area contributed by atoms with Crippen LogP contribution in [-0.2, 0) is 0 Å². The van der Waals surface area contributed by atoms with Gasteiger partial charge in [0.1, 0.15) is 17.2 Å². The topological polar surface area (TPSA) is 29.5 Å². The lowest BCUT2D eigenvalue weighted by Gasteiger charge is -2.14. The predicted molar refractivity (Wildman–Crippen MR) is 73.4 cm³/mol. The van der Waals surface area contributed by atoms with Gasteiger partial charge in [-0.2, -0.15) is 0 Å². The summed E-state index contributed by atoms with van der Waals surface area (Å²) < 4.78 is 5.90.